The Labute approximate surface area is 113 Å². The second-order valence-electron chi connectivity index (χ2n) is 5.03. The summed E-state index contributed by atoms with van der Waals surface area (Å²) in [6, 6.07) is 2.95. The van der Waals surface area contributed by atoms with Gasteiger partial charge in [0, 0.05) is 12.6 Å². The van der Waals surface area contributed by atoms with Gasteiger partial charge in [0.1, 0.15) is 11.3 Å². The van der Waals surface area contributed by atoms with Crippen LogP contribution in [0.4, 0.5) is 4.39 Å². The zero-order valence-corrected chi connectivity index (χ0v) is 11.7. The van der Waals surface area contributed by atoms with Crippen molar-refractivity contribution in [3.8, 4) is 0 Å². The number of nitrogens with zero attached hydrogens (tertiary/aromatic N) is 3. The van der Waals surface area contributed by atoms with E-state index in [1.165, 1.54) is 44.2 Å². The first kappa shape index (κ1) is 12.1. The summed E-state index contributed by atoms with van der Waals surface area (Å²) in [6.45, 7) is 0.854. The summed E-state index contributed by atoms with van der Waals surface area (Å²) in [6.07, 6.45) is 6.44. The Hall–Kier alpha value is -0.970. The summed E-state index contributed by atoms with van der Waals surface area (Å²) in [4.78, 5) is 0. The highest BCUT2D eigenvalue weighted by Gasteiger charge is 2.17. The van der Waals surface area contributed by atoms with Crippen molar-refractivity contribution in [2.45, 2.75) is 38.6 Å². The molecule has 3 rings (SSSR count). The molecule has 96 valence electrons. The molecule has 2 aromatic rings. The van der Waals surface area contributed by atoms with Crippen LogP contribution in [0.3, 0.4) is 0 Å². The van der Waals surface area contributed by atoms with Crippen LogP contribution in [-0.2, 0) is 6.54 Å². The van der Waals surface area contributed by atoms with Crippen LogP contribution >= 0.6 is 15.9 Å². The molecule has 0 bridgehead atoms. The van der Waals surface area contributed by atoms with Crippen molar-refractivity contribution < 1.29 is 4.39 Å². The molecule has 0 atom stereocenters. The Morgan fingerprint density at radius 2 is 2.06 bits per heavy atom. The van der Waals surface area contributed by atoms with Crippen molar-refractivity contribution >= 4 is 27.0 Å². The molecule has 1 saturated carbocycles. The molecule has 1 aromatic heterocycles. The van der Waals surface area contributed by atoms with Gasteiger partial charge in [0.15, 0.2) is 0 Å². The molecule has 0 aliphatic heterocycles. The quantitative estimate of drug-likeness (QED) is 0.841. The lowest BCUT2D eigenvalue weighted by Crippen LogP contribution is -2.15. The van der Waals surface area contributed by atoms with Crippen LogP contribution in [0, 0.1) is 11.7 Å². The molecule has 1 aliphatic rings. The molecule has 0 spiro atoms. The third kappa shape index (κ3) is 2.28. The van der Waals surface area contributed by atoms with Crippen LogP contribution in [0.2, 0.25) is 0 Å². The van der Waals surface area contributed by atoms with Gasteiger partial charge in [-0.15, -0.1) is 5.10 Å². The predicted octanol–water partition coefficient (Wildman–Crippen LogP) is 3.91. The topological polar surface area (TPSA) is 30.7 Å². The zero-order valence-electron chi connectivity index (χ0n) is 10.1. The smallest absolute Gasteiger partial charge is 0.127 e. The van der Waals surface area contributed by atoms with Gasteiger partial charge in [0.2, 0.25) is 0 Å². The molecule has 1 aromatic carbocycles. The fourth-order valence-corrected chi connectivity index (χ4v) is 3.25. The molecule has 5 heteroatoms. The summed E-state index contributed by atoms with van der Waals surface area (Å²) < 4.78 is 16.0. The molecule has 0 radical (unpaired) electrons. The average molecular weight is 312 g/mol. The highest BCUT2D eigenvalue weighted by molar-refractivity contribution is 9.10. The number of rotatable bonds is 2. The van der Waals surface area contributed by atoms with Gasteiger partial charge in [-0.1, -0.05) is 24.5 Å². The lowest BCUT2D eigenvalue weighted by atomic mass is 9.89. The first-order valence-electron chi connectivity index (χ1n) is 6.42. The van der Waals surface area contributed by atoms with Crippen molar-refractivity contribution in [3.63, 3.8) is 0 Å². The monoisotopic (exact) mass is 311 g/mol. The van der Waals surface area contributed by atoms with E-state index in [2.05, 4.69) is 26.2 Å². The normalized spacial score (nSPS) is 17.4. The van der Waals surface area contributed by atoms with Crippen LogP contribution in [-0.4, -0.2) is 15.0 Å². The fraction of sp³-hybridized carbons (Fsp3) is 0.538. The lowest BCUT2D eigenvalue weighted by Gasteiger charge is -2.21. The molecule has 0 saturated heterocycles. The Morgan fingerprint density at radius 3 is 2.83 bits per heavy atom. The maximum atomic E-state index is 13.4. The van der Waals surface area contributed by atoms with Crippen LogP contribution in [0.25, 0.3) is 11.0 Å². The molecular weight excluding hydrogens is 297 g/mol. The van der Waals surface area contributed by atoms with E-state index in [0.29, 0.717) is 10.4 Å². The molecule has 3 nitrogen and oxygen atoms in total. The summed E-state index contributed by atoms with van der Waals surface area (Å²) >= 11 is 3.33. The van der Waals surface area contributed by atoms with E-state index in [1.807, 2.05) is 4.68 Å². The molecule has 0 unspecified atom stereocenters. The van der Waals surface area contributed by atoms with Crippen LogP contribution < -0.4 is 0 Å². The Balaban J connectivity index is 1.92. The fourth-order valence-electron chi connectivity index (χ4n) is 2.74. The molecule has 0 N–H and O–H groups in total. The maximum Gasteiger partial charge on any atom is 0.127 e. The Bertz CT molecular complexity index is 561. The van der Waals surface area contributed by atoms with Gasteiger partial charge in [-0.25, -0.2) is 9.07 Å². The minimum atomic E-state index is -0.249. The Morgan fingerprint density at radius 1 is 1.28 bits per heavy atom. The minimum Gasteiger partial charge on any atom is -0.244 e. The van der Waals surface area contributed by atoms with E-state index < -0.39 is 0 Å². The van der Waals surface area contributed by atoms with Crippen LogP contribution in [0.15, 0.2) is 16.6 Å². The molecule has 0 amide bonds. The van der Waals surface area contributed by atoms with Gasteiger partial charge in [0.25, 0.3) is 0 Å². The minimum absolute atomic E-state index is 0.249. The van der Waals surface area contributed by atoms with E-state index in [0.717, 1.165) is 17.6 Å². The molecular formula is C13H15BrFN3. The van der Waals surface area contributed by atoms with Crippen molar-refractivity contribution in [2.24, 2.45) is 5.92 Å². The van der Waals surface area contributed by atoms with E-state index in [1.54, 1.807) is 0 Å². The largest absolute Gasteiger partial charge is 0.244 e. The van der Waals surface area contributed by atoms with Gasteiger partial charge in [-0.2, -0.15) is 0 Å². The van der Waals surface area contributed by atoms with E-state index in [4.69, 9.17) is 0 Å². The zero-order chi connectivity index (χ0) is 12.5. The van der Waals surface area contributed by atoms with Crippen molar-refractivity contribution in [3.05, 3.63) is 22.4 Å². The second-order valence-corrected chi connectivity index (χ2v) is 5.89. The molecule has 1 aliphatic carbocycles. The summed E-state index contributed by atoms with van der Waals surface area (Å²) in [7, 11) is 0. The van der Waals surface area contributed by atoms with Crippen LogP contribution in [0.5, 0.6) is 0 Å². The van der Waals surface area contributed by atoms with Gasteiger partial charge in [-0.05, 0) is 40.8 Å². The lowest BCUT2D eigenvalue weighted by molar-refractivity contribution is 0.309. The Kier molecular flexibility index (Phi) is 3.33. The van der Waals surface area contributed by atoms with Gasteiger partial charge in [-0.3, -0.25) is 0 Å². The van der Waals surface area contributed by atoms with E-state index in [9.17, 15) is 4.39 Å². The molecule has 1 heterocycles. The molecule has 18 heavy (non-hydrogen) atoms. The van der Waals surface area contributed by atoms with Gasteiger partial charge in [0.05, 0.1) is 9.99 Å². The number of hydrogen-bond donors (Lipinski definition) is 0. The average Bonchev–Trinajstić information content (AvgIpc) is 2.74. The first-order valence-corrected chi connectivity index (χ1v) is 7.21. The highest BCUT2D eigenvalue weighted by Crippen LogP contribution is 2.28. The maximum absolute atomic E-state index is 13.4. The van der Waals surface area contributed by atoms with Gasteiger partial charge < -0.3 is 0 Å². The van der Waals surface area contributed by atoms with E-state index >= 15 is 0 Å². The number of aromatic nitrogens is 3. The summed E-state index contributed by atoms with van der Waals surface area (Å²) in [5, 5.41) is 8.29. The SMILES string of the molecule is Fc1cc(Br)c2nnn(CC3CCCCC3)c2c1. The number of benzene rings is 1. The number of halogens is 2. The number of fused-ring (bicyclic) bond motifs is 1. The van der Waals surface area contributed by atoms with Crippen LogP contribution in [0.1, 0.15) is 32.1 Å². The third-order valence-corrected chi connectivity index (χ3v) is 4.30. The van der Waals surface area contributed by atoms with E-state index in [-0.39, 0.29) is 5.82 Å². The standard InChI is InChI=1S/C13H15BrFN3/c14-11-6-10(15)7-12-13(11)16-17-18(12)8-9-4-2-1-3-5-9/h6-7,9H,1-5,8H2. The summed E-state index contributed by atoms with van der Waals surface area (Å²) in [5.74, 6) is 0.410. The van der Waals surface area contributed by atoms with Crippen molar-refractivity contribution in [2.75, 3.05) is 0 Å². The predicted molar refractivity (Wildman–Crippen MR) is 71.8 cm³/mol. The molecule has 1 fully saturated rings. The number of hydrogen-bond acceptors (Lipinski definition) is 2. The first-order chi connectivity index (χ1) is 8.74. The van der Waals surface area contributed by atoms with Crippen molar-refractivity contribution in [1.82, 2.24) is 15.0 Å². The van der Waals surface area contributed by atoms with Gasteiger partial charge >= 0.3 is 0 Å². The van der Waals surface area contributed by atoms with Crippen molar-refractivity contribution in [1.29, 1.82) is 0 Å². The highest BCUT2D eigenvalue weighted by atomic mass is 79.9. The second kappa shape index (κ2) is 4.96. The summed E-state index contributed by atoms with van der Waals surface area (Å²) in [5.41, 5.74) is 1.53. The third-order valence-electron chi connectivity index (χ3n) is 3.69.